The lowest BCUT2D eigenvalue weighted by molar-refractivity contribution is 0.590. The summed E-state index contributed by atoms with van der Waals surface area (Å²) in [6.45, 7) is 23.2. The molecule has 0 unspecified atom stereocenters. The SMILES string of the molecule is Cc1ccc2c(oc3ccccc32)c1N(c1ccccc1)c1ccc2c3cc(C(C)(C)C)cc4c5cc6c(cc5n(c2c1)c34)c1cc(C(C)(C)C)cc2c3cc(C(C)(C)C)ccc3n6c21. The summed E-state index contributed by atoms with van der Waals surface area (Å²) in [4.78, 5) is 2.41. The summed E-state index contributed by atoms with van der Waals surface area (Å²) >= 11 is 0. The second-order valence-corrected chi connectivity index (χ2v) is 22.0. The zero-order chi connectivity index (χ0) is 44.6. The second kappa shape index (κ2) is 12.6. The van der Waals surface area contributed by atoms with Crippen molar-refractivity contribution in [2.24, 2.45) is 0 Å². The maximum atomic E-state index is 6.78. The standard InChI is InChI=1S/C61H53N3O/c1-34-20-23-42-41-18-14-15-19-54(41)65-58(42)55(34)62(38-16-12-11-13-17-38)39-22-24-40-46-27-36(60(5,6)7)29-48-45-32-52-44(33-53(45)64(56(46)48)51(40)31-39)49-30-37(61(8,9)10)28-47-43-26-35(59(2,3)4)21-25-50(43)63(52)57(47)49/h11-33H,1-10H3. The highest BCUT2D eigenvalue weighted by molar-refractivity contribution is 6.29. The van der Waals surface area contributed by atoms with E-state index < -0.39 is 0 Å². The fourth-order valence-corrected chi connectivity index (χ4v) is 11.2. The molecule has 0 bridgehead atoms. The topological polar surface area (TPSA) is 25.2 Å². The van der Waals surface area contributed by atoms with Gasteiger partial charge in [-0.1, -0.05) is 123 Å². The van der Waals surface area contributed by atoms with Crippen molar-refractivity contribution in [2.75, 3.05) is 4.90 Å². The Bertz CT molecular complexity index is 4120. The van der Waals surface area contributed by atoms with Crippen LogP contribution in [0, 0.1) is 6.92 Å². The number of fused-ring (bicyclic) bond motifs is 15. The summed E-state index contributed by atoms with van der Waals surface area (Å²) in [6.07, 6.45) is 0. The van der Waals surface area contributed by atoms with E-state index in [1.807, 2.05) is 0 Å². The number of rotatable bonds is 3. The van der Waals surface area contributed by atoms with Crippen LogP contribution in [0.3, 0.4) is 0 Å². The number of benzene rings is 8. The molecule has 4 nitrogen and oxygen atoms in total. The maximum Gasteiger partial charge on any atom is 0.159 e. The molecule has 318 valence electrons. The van der Waals surface area contributed by atoms with Crippen molar-refractivity contribution in [1.29, 1.82) is 0 Å². The largest absolute Gasteiger partial charge is 0.454 e. The number of furan rings is 1. The summed E-state index contributed by atoms with van der Waals surface area (Å²) in [7, 11) is 0. The minimum absolute atomic E-state index is 0.0191. The first-order valence-electron chi connectivity index (χ1n) is 23.3. The van der Waals surface area contributed by atoms with Gasteiger partial charge in [0.1, 0.15) is 5.58 Å². The summed E-state index contributed by atoms with van der Waals surface area (Å²) in [5.74, 6) is 0. The Kier molecular flexibility index (Phi) is 7.45. The van der Waals surface area contributed by atoms with Crippen LogP contribution in [-0.2, 0) is 16.2 Å². The van der Waals surface area contributed by atoms with Crippen LogP contribution in [0.5, 0.6) is 0 Å². The van der Waals surface area contributed by atoms with Gasteiger partial charge >= 0.3 is 0 Å². The van der Waals surface area contributed by atoms with E-state index >= 15 is 0 Å². The highest BCUT2D eigenvalue weighted by atomic mass is 16.3. The molecule has 0 radical (unpaired) electrons. The van der Waals surface area contributed by atoms with Crippen LogP contribution in [0.2, 0.25) is 0 Å². The lowest BCUT2D eigenvalue weighted by atomic mass is 9.84. The first-order chi connectivity index (χ1) is 31.0. The van der Waals surface area contributed by atoms with Gasteiger partial charge < -0.3 is 18.1 Å². The third-order valence-electron chi connectivity index (χ3n) is 14.7. The fourth-order valence-electron chi connectivity index (χ4n) is 11.2. The maximum absolute atomic E-state index is 6.78. The average molecular weight is 844 g/mol. The van der Waals surface area contributed by atoms with Gasteiger partial charge in [0.25, 0.3) is 0 Å². The van der Waals surface area contributed by atoms with E-state index in [0.717, 1.165) is 44.6 Å². The highest BCUT2D eigenvalue weighted by Gasteiger charge is 2.29. The van der Waals surface area contributed by atoms with Crippen molar-refractivity contribution < 1.29 is 4.42 Å². The van der Waals surface area contributed by atoms with Crippen LogP contribution in [0.25, 0.3) is 98.1 Å². The van der Waals surface area contributed by atoms with Crippen LogP contribution in [0.1, 0.15) is 84.6 Å². The van der Waals surface area contributed by atoms with E-state index in [2.05, 4.69) is 222 Å². The molecule has 13 rings (SSSR count). The molecule has 0 aliphatic carbocycles. The van der Waals surface area contributed by atoms with Gasteiger partial charge in [-0.3, -0.25) is 0 Å². The number of hydrogen-bond acceptors (Lipinski definition) is 2. The highest BCUT2D eigenvalue weighted by Crippen LogP contribution is 2.50. The molecule has 4 heteroatoms. The Hall–Kier alpha value is -7.04. The first kappa shape index (κ1) is 38.4. The monoisotopic (exact) mass is 843 g/mol. The van der Waals surface area contributed by atoms with Crippen LogP contribution in [0.15, 0.2) is 144 Å². The number of nitrogens with zero attached hydrogens (tertiary/aromatic N) is 3. The second-order valence-electron chi connectivity index (χ2n) is 22.0. The minimum atomic E-state index is -0.0431. The number of para-hydroxylation sites is 2. The van der Waals surface area contributed by atoms with E-state index in [4.69, 9.17) is 4.42 Å². The average Bonchev–Trinajstić information content (AvgIpc) is 4.06. The number of anilines is 3. The molecule has 0 saturated carbocycles. The van der Waals surface area contributed by atoms with Crippen molar-refractivity contribution in [3.8, 4) is 0 Å². The molecule has 0 aliphatic rings. The molecular formula is C61H53N3O. The van der Waals surface area contributed by atoms with Crippen LogP contribution < -0.4 is 4.90 Å². The van der Waals surface area contributed by atoms with Gasteiger partial charge in [0.15, 0.2) is 5.58 Å². The van der Waals surface area contributed by atoms with E-state index in [0.29, 0.717) is 0 Å². The normalized spacial score (nSPS) is 13.4. The number of hydrogen-bond donors (Lipinski definition) is 0. The van der Waals surface area contributed by atoms with Gasteiger partial charge in [-0.2, -0.15) is 0 Å². The Morgan fingerprint density at radius 2 is 0.892 bits per heavy atom. The Morgan fingerprint density at radius 3 is 1.51 bits per heavy atom. The van der Waals surface area contributed by atoms with Gasteiger partial charge in [-0.25, -0.2) is 0 Å². The molecule has 0 atom stereocenters. The molecule has 0 aliphatic heterocycles. The van der Waals surface area contributed by atoms with Crippen LogP contribution in [-0.4, -0.2) is 8.80 Å². The van der Waals surface area contributed by atoms with Gasteiger partial charge in [-0.15, -0.1) is 0 Å². The van der Waals surface area contributed by atoms with Crippen LogP contribution >= 0.6 is 0 Å². The lowest BCUT2D eigenvalue weighted by Gasteiger charge is -2.27. The number of aryl methyl sites for hydroxylation is 1. The van der Waals surface area contributed by atoms with Gasteiger partial charge in [-0.05, 0) is 124 Å². The molecule has 13 aromatic rings. The molecule has 0 N–H and O–H groups in total. The minimum Gasteiger partial charge on any atom is -0.454 e. The molecule has 5 heterocycles. The zero-order valence-corrected chi connectivity index (χ0v) is 39.0. The zero-order valence-electron chi connectivity index (χ0n) is 39.0. The van der Waals surface area contributed by atoms with Crippen molar-refractivity contribution in [1.82, 2.24) is 8.80 Å². The first-order valence-corrected chi connectivity index (χ1v) is 23.3. The van der Waals surface area contributed by atoms with E-state index in [-0.39, 0.29) is 16.2 Å². The Balaban J connectivity index is 1.16. The molecule has 8 aromatic carbocycles. The predicted molar refractivity (Wildman–Crippen MR) is 279 cm³/mol. The summed E-state index contributed by atoms with van der Waals surface area (Å²) < 4.78 is 11.9. The summed E-state index contributed by atoms with van der Waals surface area (Å²) in [6, 6.07) is 52.9. The Labute approximate surface area is 378 Å². The fraction of sp³-hybridized carbons (Fsp3) is 0.213. The third kappa shape index (κ3) is 5.25. The quantitative estimate of drug-likeness (QED) is 0.177. The van der Waals surface area contributed by atoms with Gasteiger partial charge in [0.2, 0.25) is 0 Å². The summed E-state index contributed by atoms with van der Waals surface area (Å²) in [5.41, 5.74) is 17.8. The van der Waals surface area contributed by atoms with Crippen LogP contribution in [0.4, 0.5) is 17.1 Å². The van der Waals surface area contributed by atoms with Crippen molar-refractivity contribution in [3.63, 3.8) is 0 Å². The lowest BCUT2D eigenvalue weighted by Crippen LogP contribution is -2.11. The predicted octanol–water partition coefficient (Wildman–Crippen LogP) is 17.6. The molecule has 5 aromatic heterocycles. The van der Waals surface area contributed by atoms with Crippen molar-refractivity contribution in [3.05, 3.63) is 162 Å². The van der Waals surface area contributed by atoms with E-state index in [9.17, 15) is 0 Å². The van der Waals surface area contributed by atoms with Crippen molar-refractivity contribution >= 4 is 115 Å². The van der Waals surface area contributed by atoms with E-state index in [1.54, 1.807) is 0 Å². The molecule has 0 spiro atoms. The molecule has 0 amide bonds. The molecule has 65 heavy (non-hydrogen) atoms. The van der Waals surface area contributed by atoms with E-state index in [1.165, 1.54) is 92.9 Å². The smallest absolute Gasteiger partial charge is 0.159 e. The Morgan fingerprint density at radius 1 is 0.385 bits per heavy atom. The molecule has 0 fully saturated rings. The van der Waals surface area contributed by atoms with Gasteiger partial charge in [0.05, 0.1) is 38.8 Å². The molecular weight excluding hydrogens is 791 g/mol. The third-order valence-corrected chi connectivity index (χ3v) is 14.7. The van der Waals surface area contributed by atoms with Crippen molar-refractivity contribution in [2.45, 2.75) is 85.5 Å². The number of aromatic nitrogens is 2. The summed E-state index contributed by atoms with van der Waals surface area (Å²) in [5, 5.41) is 12.7. The molecule has 0 saturated heterocycles. The van der Waals surface area contributed by atoms with Gasteiger partial charge in [0, 0.05) is 65.2 Å².